The van der Waals surface area contributed by atoms with E-state index in [0.29, 0.717) is 16.1 Å². The highest BCUT2D eigenvalue weighted by Gasteiger charge is 2.29. The largest absolute Gasteiger partial charge is 0.348 e. The molecular formula is C23H20Cl3FN2O3S. The minimum absolute atomic E-state index is 0.0329. The van der Waals surface area contributed by atoms with Gasteiger partial charge in [0.25, 0.3) is 0 Å². The van der Waals surface area contributed by atoms with E-state index in [1.54, 1.807) is 37.3 Å². The van der Waals surface area contributed by atoms with Gasteiger partial charge in [-0.2, -0.15) is 4.31 Å². The van der Waals surface area contributed by atoms with Gasteiger partial charge in [0, 0.05) is 27.2 Å². The van der Waals surface area contributed by atoms with Crippen LogP contribution >= 0.6 is 34.8 Å². The maximum atomic E-state index is 13.4. The monoisotopic (exact) mass is 528 g/mol. The summed E-state index contributed by atoms with van der Waals surface area (Å²) in [7, 11) is -4.10. The van der Waals surface area contributed by atoms with Crippen molar-refractivity contribution < 1.29 is 17.6 Å². The van der Waals surface area contributed by atoms with E-state index in [1.165, 1.54) is 36.4 Å². The number of rotatable bonds is 8. The molecule has 10 heteroatoms. The predicted molar refractivity (Wildman–Crippen MR) is 128 cm³/mol. The van der Waals surface area contributed by atoms with Crippen LogP contribution < -0.4 is 5.32 Å². The van der Waals surface area contributed by atoms with Crippen molar-refractivity contribution in [2.75, 3.05) is 6.54 Å². The molecule has 1 unspecified atom stereocenters. The molecule has 0 aliphatic heterocycles. The van der Waals surface area contributed by atoms with Gasteiger partial charge in [-0.1, -0.05) is 53.0 Å². The average molecular weight is 530 g/mol. The second kappa shape index (κ2) is 10.8. The second-order valence-electron chi connectivity index (χ2n) is 7.27. The molecule has 0 heterocycles. The number of nitrogens with zero attached hydrogens (tertiary/aromatic N) is 1. The van der Waals surface area contributed by atoms with Crippen molar-refractivity contribution in [3.63, 3.8) is 0 Å². The van der Waals surface area contributed by atoms with Crippen molar-refractivity contribution in [1.29, 1.82) is 0 Å². The van der Waals surface area contributed by atoms with Crippen molar-refractivity contribution in [1.82, 2.24) is 9.62 Å². The normalized spacial score (nSPS) is 12.5. The smallest absolute Gasteiger partial charge is 0.243 e. The lowest BCUT2D eigenvalue weighted by Crippen LogP contribution is -2.41. The Morgan fingerprint density at radius 1 is 0.970 bits per heavy atom. The summed E-state index contributed by atoms with van der Waals surface area (Å²) in [4.78, 5) is 12.8. The quantitative estimate of drug-likeness (QED) is 0.398. The third kappa shape index (κ3) is 6.46. The first kappa shape index (κ1) is 25.5. The Bertz CT molecular complexity index is 1220. The molecule has 0 spiro atoms. The lowest BCUT2D eigenvalue weighted by molar-refractivity contribution is -0.122. The molecule has 1 atom stereocenters. The van der Waals surface area contributed by atoms with Crippen LogP contribution in [0.5, 0.6) is 0 Å². The summed E-state index contributed by atoms with van der Waals surface area (Å²) >= 11 is 18.4. The van der Waals surface area contributed by atoms with Crippen LogP contribution in [-0.4, -0.2) is 25.2 Å². The van der Waals surface area contributed by atoms with Crippen LogP contribution in [0.15, 0.2) is 71.6 Å². The molecule has 0 aliphatic rings. The van der Waals surface area contributed by atoms with E-state index >= 15 is 0 Å². The molecule has 0 fully saturated rings. The summed E-state index contributed by atoms with van der Waals surface area (Å²) in [5, 5.41) is 3.67. The minimum Gasteiger partial charge on any atom is -0.348 e. The summed E-state index contributed by atoms with van der Waals surface area (Å²) in [6, 6.07) is 15.6. The second-order valence-corrected chi connectivity index (χ2v) is 10.5. The van der Waals surface area contributed by atoms with Gasteiger partial charge in [0.2, 0.25) is 15.9 Å². The number of nitrogens with one attached hydrogen (secondary N) is 1. The Labute approximate surface area is 207 Å². The van der Waals surface area contributed by atoms with E-state index in [1.807, 2.05) is 0 Å². The Balaban J connectivity index is 1.88. The van der Waals surface area contributed by atoms with Crippen molar-refractivity contribution >= 4 is 50.7 Å². The highest BCUT2D eigenvalue weighted by atomic mass is 35.5. The number of sulfonamides is 1. The Hall–Kier alpha value is -2.16. The lowest BCUT2D eigenvalue weighted by Gasteiger charge is -2.24. The van der Waals surface area contributed by atoms with E-state index in [2.05, 4.69) is 5.32 Å². The fraction of sp³-hybridized carbons (Fsp3) is 0.174. The molecule has 3 aromatic rings. The average Bonchev–Trinajstić information content (AvgIpc) is 2.76. The van der Waals surface area contributed by atoms with Gasteiger partial charge in [0.15, 0.2) is 0 Å². The lowest BCUT2D eigenvalue weighted by atomic mass is 10.1. The van der Waals surface area contributed by atoms with Crippen LogP contribution in [0.1, 0.15) is 24.1 Å². The molecule has 0 saturated heterocycles. The first-order chi connectivity index (χ1) is 15.6. The Kier molecular flexibility index (Phi) is 8.37. The number of hydrogen-bond donors (Lipinski definition) is 1. The van der Waals surface area contributed by atoms with Crippen LogP contribution in [0.2, 0.25) is 15.1 Å². The Morgan fingerprint density at radius 3 is 2.12 bits per heavy atom. The van der Waals surface area contributed by atoms with Crippen LogP contribution in [0.25, 0.3) is 0 Å². The van der Waals surface area contributed by atoms with Crippen molar-refractivity contribution in [3.05, 3.63) is 98.7 Å². The van der Waals surface area contributed by atoms with E-state index < -0.39 is 34.3 Å². The fourth-order valence-corrected chi connectivity index (χ4v) is 5.13. The molecule has 174 valence electrons. The molecular weight excluding hydrogens is 510 g/mol. The third-order valence-corrected chi connectivity index (χ3v) is 7.68. The van der Waals surface area contributed by atoms with E-state index in [-0.39, 0.29) is 21.5 Å². The molecule has 0 saturated carbocycles. The zero-order valence-electron chi connectivity index (χ0n) is 17.4. The standard InChI is InChI=1S/C23H20Cl3FN2O3S/c1-15(16-5-9-18(27)10-6-16)28-23(30)14-29(13-20-21(25)3-2-4-22(20)26)33(31,32)19-11-7-17(24)8-12-19/h2-12,15H,13-14H2,1H3,(H,28,30). The molecule has 0 radical (unpaired) electrons. The fourth-order valence-electron chi connectivity index (χ4n) is 3.12. The summed E-state index contributed by atoms with van der Waals surface area (Å²) < 4.78 is 40.9. The number of halogens is 4. The van der Waals surface area contributed by atoms with Crippen LogP contribution in [0.3, 0.4) is 0 Å². The topological polar surface area (TPSA) is 66.5 Å². The van der Waals surface area contributed by atoms with Crippen LogP contribution in [0.4, 0.5) is 4.39 Å². The number of benzene rings is 3. The van der Waals surface area contributed by atoms with Crippen LogP contribution in [-0.2, 0) is 21.4 Å². The summed E-state index contributed by atoms with van der Waals surface area (Å²) in [5.74, 6) is -0.943. The van der Waals surface area contributed by atoms with Crippen LogP contribution in [0, 0.1) is 5.82 Å². The first-order valence-electron chi connectivity index (χ1n) is 9.81. The van der Waals surface area contributed by atoms with E-state index in [9.17, 15) is 17.6 Å². The highest BCUT2D eigenvalue weighted by Crippen LogP contribution is 2.28. The molecule has 1 N–H and O–H groups in total. The zero-order chi connectivity index (χ0) is 24.2. The van der Waals surface area contributed by atoms with Gasteiger partial charge >= 0.3 is 0 Å². The molecule has 33 heavy (non-hydrogen) atoms. The highest BCUT2D eigenvalue weighted by molar-refractivity contribution is 7.89. The van der Waals surface area contributed by atoms with Gasteiger partial charge in [0.05, 0.1) is 17.5 Å². The minimum atomic E-state index is -4.10. The summed E-state index contributed by atoms with van der Waals surface area (Å²) in [6.07, 6.45) is 0. The van der Waals surface area contributed by atoms with Gasteiger partial charge in [-0.05, 0) is 61.0 Å². The molecule has 3 rings (SSSR count). The van der Waals surface area contributed by atoms with Gasteiger partial charge < -0.3 is 5.32 Å². The first-order valence-corrected chi connectivity index (χ1v) is 12.4. The molecule has 0 bridgehead atoms. The number of carbonyl (C=O) groups is 1. The van der Waals surface area contributed by atoms with E-state index in [0.717, 1.165) is 4.31 Å². The third-order valence-electron chi connectivity index (χ3n) is 4.92. The van der Waals surface area contributed by atoms with Gasteiger partial charge in [-0.25, -0.2) is 12.8 Å². The maximum Gasteiger partial charge on any atom is 0.243 e. The zero-order valence-corrected chi connectivity index (χ0v) is 20.5. The van der Waals surface area contributed by atoms with Crippen molar-refractivity contribution in [2.45, 2.75) is 24.4 Å². The summed E-state index contributed by atoms with van der Waals surface area (Å²) in [5.41, 5.74) is 1.05. The predicted octanol–water partition coefficient (Wildman–Crippen LogP) is 5.85. The maximum absolute atomic E-state index is 13.4. The van der Waals surface area contributed by atoms with E-state index in [4.69, 9.17) is 34.8 Å². The number of amides is 1. The Morgan fingerprint density at radius 2 is 1.55 bits per heavy atom. The molecule has 0 aliphatic carbocycles. The molecule has 0 aromatic heterocycles. The summed E-state index contributed by atoms with van der Waals surface area (Å²) in [6.45, 7) is 1.01. The van der Waals surface area contributed by atoms with Crippen molar-refractivity contribution in [2.24, 2.45) is 0 Å². The van der Waals surface area contributed by atoms with Gasteiger partial charge in [0.1, 0.15) is 5.82 Å². The van der Waals surface area contributed by atoms with Gasteiger partial charge in [-0.3, -0.25) is 4.79 Å². The molecule has 5 nitrogen and oxygen atoms in total. The molecule has 3 aromatic carbocycles. The number of hydrogen-bond acceptors (Lipinski definition) is 3. The SMILES string of the molecule is CC(NC(=O)CN(Cc1c(Cl)cccc1Cl)S(=O)(=O)c1ccc(Cl)cc1)c1ccc(F)cc1. The molecule has 1 amide bonds. The van der Waals surface area contributed by atoms with Crippen molar-refractivity contribution in [3.8, 4) is 0 Å². The van der Waals surface area contributed by atoms with Gasteiger partial charge in [-0.15, -0.1) is 0 Å². The number of carbonyl (C=O) groups excluding carboxylic acids is 1.